The number of hydrogen-bond donors (Lipinski definition) is 2. The smallest absolute Gasteiger partial charge is 0.241 e. The Balaban J connectivity index is 2.25. The molecule has 14 heavy (non-hydrogen) atoms. The lowest BCUT2D eigenvalue weighted by Gasteiger charge is -2.18. The first-order valence-electron chi connectivity index (χ1n) is 4.43. The lowest BCUT2D eigenvalue weighted by Crippen LogP contribution is -2.41. The second-order valence-corrected chi connectivity index (χ2v) is 3.22. The van der Waals surface area contributed by atoms with Gasteiger partial charge in [0.1, 0.15) is 0 Å². The Morgan fingerprint density at radius 1 is 1.43 bits per heavy atom. The summed E-state index contributed by atoms with van der Waals surface area (Å²) in [5, 5.41) is 2.63. The molecule has 0 radical (unpaired) electrons. The van der Waals surface area contributed by atoms with E-state index in [-0.39, 0.29) is 5.91 Å². The normalized spacial score (nSPS) is 21.4. The van der Waals surface area contributed by atoms with Gasteiger partial charge < -0.3 is 11.1 Å². The van der Waals surface area contributed by atoms with Crippen molar-refractivity contribution in [2.75, 3.05) is 0 Å². The number of pyridine rings is 1. The number of rotatable bonds is 1. The molecule has 1 atom stereocenters. The highest BCUT2D eigenvalue weighted by Gasteiger charge is 2.19. The van der Waals surface area contributed by atoms with Crippen LogP contribution in [-0.2, 0) is 4.79 Å². The Labute approximate surface area is 81.8 Å². The molecule has 0 saturated heterocycles. The number of nitrogens with two attached hydrogens (primary N) is 1. The van der Waals surface area contributed by atoms with Crippen molar-refractivity contribution in [1.29, 1.82) is 0 Å². The van der Waals surface area contributed by atoms with Gasteiger partial charge in [-0.1, -0.05) is 0 Å². The van der Waals surface area contributed by atoms with E-state index in [1.54, 1.807) is 18.6 Å². The monoisotopic (exact) mass is 189 g/mol. The first kappa shape index (κ1) is 8.90. The molecule has 1 aromatic rings. The Bertz CT molecular complexity index is 372. The van der Waals surface area contributed by atoms with Gasteiger partial charge in [-0.25, -0.2) is 0 Å². The van der Waals surface area contributed by atoms with Crippen LogP contribution in [0.3, 0.4) is 0 Å². The van der Waals surface area contributed by atoms with Crippen LogP contribution in [0.4, 0.5) is 0 Å². The van der Waals surface area contributed by atoms with Crippen LogP contribution in [0.15, 0.2) is 30.7 Å². The fourth-order valence-corrected chi connectivity index (χ4v) is 1.42. The van der Waals surface area contributed by atoms with Gasteiger partial charge in [-0.15, -0.1) is 0 Å². The van der Waals surface area contributed by atoms with Crippen molar-refractivity contribution in [2.24, 2.45) is 5.73 Å². The van der Waals surface area contributed by atoms with E-state index in [1.807, 2.05) is 12.1 Å². The van der Waals surface area contributed by atoms with Crippen LogP contribution < -0.4 is 11.1 Å². The molecular formula is C10H11N3O. The van der Waals surface area contributed by atoms with Crippen molar-refractivity contribution < 1.29 is 4.79 Å². The van der Waals surface area contributed by atoms with Crippen molar-refractivity contribution >= 4 is 11.5 Å². The van der Waals surface area contributed by atoms with Gasteiger partial charge in [0.15, 0.2) is 0 Å². The number of carbonyl (C=O) groups excluding carboxylic acids is 1. The quantitative estimate of drug-likeness (QED) is 0.666. The lowest BCUT2D eigenvalue weighted by atomic mass is 9.98. The molecule has 4 nitrogen and oxygen atoms in total. The molecule has 2 rings (SSSR count). The summed E-state index contributed by atoms with van der Waals surface area (Å²) in [6.07, 6.45) is 5.73. The highest BCUT2D eigenvalue weighted by molar-refractivity contribution is 5.88. The van der Waals surface area contributed by atoms with Gasteiger partial charge in [0.2, 0.25) is 5.91 Å². The van der Waals surface area contributed by atoms with Crippen LogP contribution in [0, 0.1) is 0 Å². The van der Waals surface area contributed by atoms with Gasteiger partial charge >= 0.3 is 0 Å². The molecule has 1 amide bonds. The van der Waals surface area contributed by atoms with Crippen molar-refractivity contribution in [3.05, 3.63) is 36.3 Å². The summed E-state index contributed by atoms with van der Waals surface area (Å²) < 4.78 is 0. The van der Waals surface area contributed by atoms with Crippen LogP contribution in [-0.4, -0.2) is 16.9 Å². The highest BCUT2D eigenvalue weighted by atomic mass is 16.2. The Hall–Kier alpha value is -1.68. The van der Waals surface area contributed by atoms with E-state index < -0.39 is 6.04 Å². The molecule has 0 spiro atoms. The molecule has 1 aromatic heterocycles. The minimum absolute atomic E-state index is 0.122. The topological polar surface area (TPSA) is 68.0 Å². The largest absolute Gasteiger partial charge is 0.331 e. The van der Waals surface area contributed by atoms with Gasteiger partial charge in [-0.05, 0) is 29.7 Å². The average Bonchev–Trinajstić information content (AvgIpc) is 2.23. The van der Waals surface area contributed by atoms with Crippen molar-refractivity contribution in [1.82, 2.24) is 10.3 Å². The molecule has 1 aliphatic rings. The van der Waals surface area contributed by atoms with Crippen LogP contribution in [0.2, 0.25) is 0 Å². The Morgan fingerprint density at radius 3 is 2.79 bits per heavy atom. The molecule has 0 aliphatic carbocycles. The summed E-state index contributed by atoms with van der Waals surface area (Å²) in [7, 11) is 0. The standard InChI is InChI=1S/C10H11N3O/c11-9-5-8(6-13-10(9)14)7-1-3-12-4-2-7/h1-4,6,9H,5,11H2,(H,13,14). The molecule has 2 heterocycles. The summed E-state index contributed by atoms with van der Waals surface area (Å²) in [5.74, 6) is -0.122. The number of nitrogens with zero attached hydrogens (tertiary/aromatic N) is 1. The molecule has 1 unspecified atom stereocenters. The number of aromatic nitrogens is 1. The van der Waals surface area contributed by atoms with E-state index in [1.165, 1.54) is 0 Å². The van der Waals surface area contributed by atoms with E-state index in [0.717, 1.165) is 11.1 Å². The van der Waals surface area contributed by atoms with Gasteiger partial charge in [-0.3, -0.25) is 9.78 Å². The van der Waals surface area contributed by atoms with Crippen LogP contribution >= 0.6 is 0 Å². The number of hydrogen-bond acceptors (Lipinski definition) is 3. The maximum Gasteiger partial charge on any atom is 0.241 e. The third-order valence-electron chi connectivity index (χ3n) is 2.22. The predicted octanol–water partition coefficient (Wildman–Crippen LogP) is 0.270. The number of nitrogens with one attached hydrogen (secondary N) is 1. The summed E-state index contributed by atoms with van der Waals surface area (Å²) in [6.45, 7) is 0. The number of carbonyl (C=O) groups is 1. The average molecular weight is 189 g/mol. The zero-order valence-corrected chi connectivity index (χ0v) is 7.60. The second-order valence-electron chi connectivity index (χ2n) is 3.22. The summed E-state index contributed by atoms with van der Waals surface area (Å²) >= 11 is 0. The predicted molar refractivity (Wildman–Crippen MR) is 52.9 cm³/mol. The summed E-state index contributed by atoms with van der Waals surface area (Å²) in [4.78, 5) is 15.0. The van der Waals surface area contributed by atoms with E-state index in [2.05, 4.69) is 10.3 Å². The number of amides is 1. The molecule has 0 bridgehead atoms. The summed E-state index contributed by atoms with van der Waals surface area (Å²) in [5.41, 5.74) is 7.73. The first-order valence-corrected chi connectivity index (χ1v) is 4.43. The Morgan fingerprint density at radius 2 is 2.14 bits per heavy atom. The highest BCUT2D eigenvalue weighted by Crippen LogP contribution is 2.20. The maximum atomic E-state index is 11.1. The van der Waals surface area contributed by atoms with Gasteiger partial charge in [0, 0.05) is 18.6 Å². The van der Waals surface area contributed by atoms with Crippen molar-refractivity contribution in [3.63, 3.8) is 0 Å². The summed E-state index contributed by atoms with van der Waals surface area (Å²) in [6, 6.07) is 3.36. The lowest BCUT2D eigenvalue weighted by molar-refractivity contribution is -0.121. The molecule has 0 fully saturated rings. The molecule has 0 saturated carbocycles. The molecular weight excluding hydrogens is 178 g/mol. The maximum absolute atomic E-state index is 11.1. The van der Waals surface area contributed by atoms with E-state index in [0.29, 0.717) is 6.42 Å². The van der Waals surface area contributed by atoms with Gasteiger partial charge in [0.25, 0.3) is 0 Å². The van der Waals surface area contributed by atoms with E-state index >= 15 is 0 Å². The zero-order valence-electron chi connectivity index (χ0n) is 7.60. The third kappa shape index (κ3) is 1.65. The van der Waals surface area contributed by atoms with E-state index in [4.69, 9.17) is 5.73 Å². The fraction of sp³-hybridized carbons (Fsp3) is 0.200. The van der Waals surface area contributed by atoms with Crippen LogP contribution in [0.5, 0.6) is 0 Å². The SMILES string of the molecule is NC1CC(c2ccncc2)=CNC1=O. The minimum Gasteiger partial charge on any atom is -0.331 e. The van der Waals surface area contributed by atoms with Crippen molar-refractivity contribution in [3.8, 4) is 0 Å². The van der Waals surface area contributed by atoms with Gasteiger partial charge in [-0.2, -0.15) is 0 Å². The zero-order chi connectivity index (χ0) is 9.97. The van der Waals surface area contributed by atoms with Crippen LogP contribution in [0.1, 0.15) is 12.0 Å². The molecule has 1 aliphatic heterocycles. The van der Waals surface area contributed by atoms with E-state index in [9.17, 15) is 4.79 Å². The third-order valence-corrected chi connectivity index (χ3v) is 2.22. The molecule has 3 N–H and O–H groups in total. The fourth-order valence-electron chi connectivity index (χ4n) is 1.42. The van der Waals surface area contributed by atoms with Crippen LogP contribution in [0.25, 0.3) is 5.57 Å². The minimum atomic E-state index is -0.442. The first-order chi connectivity index (χ1) is 6.77. The molecule has 4 heteroatoms. The molecule has 0 aromatic carbocycles. The molecule has 72 valence electrons. The van der Waals surface area contributed by atoms with Crippen molar-refractivity contribution in [2.45, 2.75) is 12.5 Å². The Kier molecular flexibility index (Phi) is 2.28. The second kappa shape index (κ2) is 3.59. The van der Waals surface area contributed by atoms with Gasteiger partial charge in [0.05, 0.1) is 6.04 Å².